The average molecular weight is 262 g/mol. The van der Waals surface area contributed by atoms with Gasteiger partial charge in [-0.15, -0.1) is 0 Å². The Bertz CT molecular complexity index is 354. The highest BCUT2D eigenvalue weighted by molar-refractivity contribution is 5.25. The van der Waals surface area contributed by atoms with Crippen molar-refractivity contribution in [2.75, 3.05) is 20.6 Å². The lowest BCUT2D eigenvalue weighted by Crippen LogP contribution is -2.35. The van der Waals surface area contributed by atoms with Crippen LogP contribution in [0.5, 0.6) is 0 Å². The van der Waals surface area contributed by atoms with E-state index in [4.69, 9.17) is 0 Å². The van der Waals surface area contributed by atoms with Crippen LogP contribution in [0.2, 0.25) is 0 Å². The Labute approximate surface area is 119 Å². The molecule has 2 heteroatoms. The Morgan fingerprint density at radius 3 is 2.05 bits per heavy atom. The van der Waals surface area contributed by atoms with Crippen LogP contribution in [0.3, 0.4) is 0 Å². The molecule has 0 spiro atoms. The quantitative estimate of drug-likeness (QED) is 0.809. The van der Waals surface area contributed by atoms with Crippen LogP contribution in [0.25, 0.3) is 0 Å². The zero-order valence-electron chi connectivity index (χ0n) is 13.4. The van der Waals surface area contributed by atoms with Crippen molar-refractivity contribution < 1.29 is 0 Å². The largest absolute Gasteiger partial charge is 0.312 e. The molecule has 19 heavy (non-hydrogen) atoms. The molecule has 1 N–H and O–H groups in total. The number of rotatable bonds is 7. The molecule has 0 aliphatic carbocycles. The van der Waals surface area contributed by atoms with E-state index in [2.05, 4.69) is 69.2 Å². The van der Waals surface area contributed by atoms with Crippen molar-refractivity contribution in [1.29, 1.82) is 0 Å². The third-order valence-electron chi connectivity index (χ3n) is 3.73. The van der Waals surface area contributed by atoms with Crippen LogP contribution in [-0.4, -0.2) is 31.6 Å². The topological polar surface area (TPSA) is 15.3 Å². The molecule has 0 fully saturated rings. The summed E-state index contributed by atoms with van der Waals surface area (Å²) < 4.78 is 0. The van der Waals surface area contributed by atoms with Gasteiger partial charge in [0.2, 0.25) is 0 Å². The fourth-order valence-corrected chi connectivity index (χ4v) is 2.22. The maximum absolute atomic E-state index is 3.42. The Morgan fingerprint density at radius 1 is 1.05 bits per heavy atom. The zero-order valence-corrected chi connectivity index (χ0v) is 13.4. The molecule has 0 aliphatic heterocycles. The lowest BCUT2D eigenvalue weighted by atomic mass is 9.99. The van der Waals surface area contributed by atoms with Gasteiger partial charge < -0.3 is 10.2 Å². The fraction of sp³-hybridized carbons (Fsp3) is 0.647. The minimum absolute atomic E-state index is 0.403. The number of hydrogen-bond acceptors (Lipinski definition) is 2. The molecule has 108 valence electrons. The molecular formula is C17H30N2. The van der Waals surface area contributed by atoms with Crippen LogP contribution in [0, 0.1) is 5.92 Å². The first-order chi connectivity index (χ1) is 8.93. The second-order valence-corrected chi connectivity index (χ2v) is 6.21. The summed E-state index contributed by atoms with van der Waals surface area (Å²) in [5.74, 6) is 0.720. The molecule has 0 saturated carbocycles. The van der Waals surface area contributed by atoms with Gasteiger partial charge in [-0.1, -0.05) is 38.1 Å². The Morgan fingerprint density at radius 2 is 1.63 bits per heavy atom. The van der Waals surface area contributed by atoms with Gasteiger partial charge in [0.1, 0.15) is 0 Å². The van der Waals surface area contributed by atoms with E-state index in [1.807, 2.05) is 7.05 Å². The molecule has 1 aromatic rings. The van der Waals surface area contributed by atoms with E-state index >= 15 is 0 Å². The highest BCUT2D eigenvalue weighted by Gasteiger charge is 2.13. The second-order valence-electron chi connectivity index (χ2n) is 6.21. The highest BCUT2D eigenvalue weighted by atomic mass is 15.1. The van der Waals surface area contributed by atoms with Gasteiger partial charge in [0.15, 0.2) is 0 Å². The van der Waals surface area contributed by atoms with Crippen LogP contribution < -0.4 is 5.32 Å². The molecule has 0 radical (unpaired) electrons. The molecule has 1 rings (SSSR count). The van der Waals surface area contributed by atoms with Gasteiger partial charge in [-0.3, -0.25) is 0 Å². The van der Waals surface area contributed by atoms with E-state index < -0.39 is 0 Å². The molecular weight excluding hydrogens is 232 g/mol. The summed E-state index contributed by atoms with van der Waals surface area (Å²) in [6.45, 7) is 10.0. The van der Waals surface area contributed by atoms with Crippen LogP contribution in [-0.2, 0) is 6.42 Å². The third-order valence-corrected chi connectivity index (χ3v) is 3.73. The lowest BCUT2D eigenvalue weighted by molar-refractivity contribution is 0.246. The first-order valence-electron chi connectivity index (χ1n) is 7.40. The molecule has 2 nitrogen and oxygen atoms in total. The summed E-state index contributed by atoms with van der Waals surface area (Å²) in [5, 5.41) is 3.42. The van der Waals surface area contributed by atoms with Crippen molar-refractivity contribution in [3.8, 4) is 0 Å². The second kappa shape index (κ2) is 7.66. The molecule has 0 aromatic heterocycles. The summed E-state index contributed by atoms with van der Waals surface area (Å²) in [6, 6.07) is 10.1. The Kier molecular flexibility index (Phi) is 6.53. The minimum atomic E-state index is 0.403. The summed E-state index contributed by atoms with van der Waals surface area (Å²) in [4.78, 5) is 2.38. The number of likely N-dealkylation sites (N-methyl/N-ethyl adjacent to an activating group) is 2. The maximum atomic E-state index is 3.42. The smallest absolute Gasteiger partial charge is 0.0446 e. The number of nitrogens with one attached hydrogen (secondary N) is 1. The third kappa shape index (κ3) is 5.33. The fourth-order valence-electron chi connectivity index (χ4n) is 2.22. The molecule has 0 amide bonds. The van der Waals surface area contributed by atoms with Crippen LogP contribution in [0.15, 0.2) is 24.3 Å². The normalized spacial score (nSPS) is 13.5. The SMILES string of the molecule is CNC(CN(C)C(C)C)c1ccc(CC(C)C)cc1. The molecule has 0 saturated heterocycles. The number of nitrogens with zero attached hydrogens (tertiary/aromatic N) is 1. The minimum Gasteiger partial charge on any atom is -0.312 e. The van der Waals surface area contributed by atoms with Gasteiger partial charge in [0.05, 0.1) is 0 Å². The first kappa shape index (κ1) is 16.2. The molecule has 0 bridgehead atoms. The van der Waals surface area contributed by atoms with Crippen molar-refractivity contribution in [2.45, 2.75) is 46.2 Å². The highest BCUT2D eigenvalue weighted by Crippen LogP contribution is 2.17. The molecule has 1 unspecified atom stereocenters. The van der Waals surface area contributed by atoms with Gasteiger partial charge in [-0.2, -0.15) is 0 Å². The van der Waals surface area contributed by atoms with E-state index in [0.29, 0.717) is 12.1 Å². The molecule has 1 aromatic carbocycles. The standard InChI is InChI=1S/C17H30N2/c1-13(2)11-15-7-9-16(10-8-15)17(18-5)12-19(6)14(3)4/h7-10,13-14,17-18H,11-12H2,1-6H3. The Balaban J connectivity index is 2.71. The van der Waals surface area contributed by atoms with E-state index in [1.165, 1.54) is 11.1 Å². The Hall–Kier alpha value is -0.860. The van der Waals surface area contributed by atoms with Crippen molar-refractivity contribution in [3.63, 3.8) is 0 Å². The average Bonchev–Trinajstić information content (AvgIpc) is 2.36. The van der Waals surface area contributed by atoms with Gasteiger partial charge in [-0.25, -0.2) is 0 Å². The van der Waals surface area contributed by atoms with Gasteiger partial charge in [-0.05, 0) is 51.4 Å². The molecule has 0 aliphatic rings. The predicted octanol–water partition coefficient (Wildman–Crippen LogP) is 3.49. The van der Waals surface area contributed by atoms with Crippen LogP contribution >= 0.6 is 0 Å². The van der Waals surface area contributed by atoms with Crippen molar-refractivity contribution in [3.05, 3.63) is 35.4 Å². The predicted molar refractivity (Wildman–Crippen MR) is 84.6 cm³/mol. The number of hydrogen-bond donors (Lipinski definition) is 1. The van der Waals surface area contributed by atoms with Crippen molar-refractivity contribution in [2.24, 2.45) is 5.92 Å². The van der Waals surface area contributed by atoms with Crippen molar-refractivity contribution in [1.82, 2.24) is 10.2 Å². The van der Waals surface area contributed by atoms with E-state index in [0.717, 1.165) is 18.9 Å². The van der Waals surface area contributed by atoms with Crippen LogP contribution in [0.1, 0.15) is 44.9 Å². The van der Waals surface area contributed by atoms with Crippen LogP contribution in [0.4, 0.5) is 0 Å². The lowest BCUT2D eigenvalue weighted by Gasteiger charge is -2.27. The monoisotopic (exact) mass is 262 g/mol. The first-order valence-corrected chi connectivity index (χ1v) is 7.40. The van der Waals surface area contributed by atoms with E-state index in [1.54, 1.807) is 0 Å². The zero-order chi connectivity index (χ0) is 14.4. The van der Waals surface area contributed by atoms with E-state index in [9.17, 15) is 0 Å². The summed E-state index contributed by atoms with van der Waals surface area (Å²) in [7, 11) is 4.23. The summed E-state index contributed by atoms with van der Waals surface area (Å²) in [6.07, 6.45) is 1.16. The van der Waals surface area contributed by atoms with Gasteiger partial charge in [0, 0.05) is 18.6 Å². The van der Waals surface area contributed by atoms with Gasteiger partial charge in [0.25, 0.3) is 0 Å². The number of benzene rings is 1. The molecule has 1 atom stereocenters. The maximum Gasteiger partial charge on any atom is 0.0446 e. The summed E-state index contributed by atoms with van der Waals surface area (Å²) in [5.41, 5.74) is 2.81. The summed E-state index contributed by atoms with van der Waals surface area (Å²) >= 11 is 0. The molecule has 0 heterocycles. The van der Waals surface area contributed by atoms with Crippen molar-refractivity contribution >= 4 is 0 Å². The van der Waals surface area contributed by atoms with Gasteiger partial charge >= 0.3 is 0 Å². The van der Waals surface area contributed by atoms with E-state index in [-0.39, 0.29) is 0 Å².